The second-order valence-corrected chi connectivity index (χ2v) is 14.0. The van der Waals surface area contributed by atoms with E-state index in [1.54, 1.807) is 0 Å². The van der Waals surface area contributed by atoms with Crippen LogP contribution in [0.1, 0.15) is 58.2 Å². The Labute approximate surface area is 346 Å². The highest BCUT2D eigenvalue weighted by molar-refractivity contribution is 5.69. The second kappa shape index (κ2) is 20.5. The van der Waals surface area contributed by atoms with Crippen molar-refractivity contribution in [2.24, 2.45) is 0 Å². The van der Waals surface area contributed by atoms with E-state index in [2.05, 4.69) is 0 Å². The molecule has 0 aliphatic carbocycles. The maximum atomic E-state index is 12.8. The van der Waals surface area contributed by atoms with Gasteiger partial charge in [0.25, 0.3) is 0 Å². The molecule has 0 bridgehead atoms. The summed E-state index contributed by atoms with van der Waals surface area (Å²) in [4.78, 5) is 75.0. The highest BCUT2D eigenvalue weighted by Gasteiger charge is 2.57. The molecule has 322 valence electrons. The maximum Gasteiger partial charge on any atom is 0.303 e. The van der Waals surface area contributed by atoms with Crippen molar-refractivity contribution in [1.29, 1.82) is 0 Å². The quantitative estimate of drug-likeness (QED) is 0.132. The number of aliphatic hydroxyl groups is 1. The van der Waals surface area contributed by atoms with Gasteiger partial charge in [0.05, 0.1) is 6.61 Å². The minimum Gasteiger partial charge on any atom is -0.463 e. The summed E-state index contributed by atoms with van der Waals surface area (Å²) in [6, 6.07) is 27.9. The number of hydrogen-bond donors (Lipinski definition) is 1. The summed E-state index contributed by atoms with van der Waals surface area (Å²) in [6.45, 7) is 5.48. The van der Waals surface area contributed by atoms with Crippen LogP contribution < -0.4 is 0 Å². The normalized spacial score (nSPS) is 26.4. The van der Waals surface area contributed by atoms with Crippen LogP contribution >= 0.6 is 0 Å². The number of aliphatic hydroxyl groups excluding tert-OH is 1. The molecule has 60 heavy (non-hydrogen) atoms. The molecule has 3 aromatic rings. The summed E-state index contributed by atoms with van der Waals surface area (Å²) >= 11 is 0. The van der Waals surface area contributed by atoms with Gasteiger partial charge in [0.2, 0.25) is 0 Å². The molecule has 2 fully saturated rings. The predicted molar refractivity (Wildman–Crippen MR) is 204 cm³/mol. The average molecular weight is 837 g/mol. The molecular weight excluding hydrogens is 788 g/mol. The standard InChI is InChI=1S/C43H48O17/c1-24(44)51-22-33-36(37(54-26(3)46)39(41(50)58-33)56-28(5)48)60-42-40(57-29(6)49)38(55-27(4)47)35(53-25(2)45)34(59-42)23-52-43(30-16-10-7-11-17-30,31-18-12-8-13-19-31)32-20-14-9-15-21-32/h7-21,33-42,50H,22-23H2,1-6H3/t33-,34-,35-,36-,37+,38+,39-,40-,41+,42+/m1/s1. The summed E-state index contributed by atoms with van der Waals surface area (Å²) in [5, 5.41) is 11.0. The van der Waals surface area contributed by atoms with E-state index in [1.165, 1.54) is 0 Å². The molecule has 2 aliphatic rings. The van der Waals surface area contributed by atoms with Crippen molar-refractivity contribution >= 4 is 35.8 Å². The van der Waals surface area contributed by atoms with Gasteiger partial charge in [0.1, 0.15) is 30.5 Å². The molecule has 2 aliphatic heterocycles. The minimum atomic E-state index is -1.92. The van der Waals surface area contributed by atoms with Crippen molar-refractivity contribution in [3.8, 4) is 0 Å². The summed E-state index contributed by atoms with van der Waals surface area (Å²) in [5.41, 5.74) is 0.776. The predicted octanol–water partition coefficient (Wildman–Crippen LogP) is 3.04. The van der Waals surface area contributed by atoms with E-state index in [9.17, 15) is 33.9 Å². The van der Waals surface area contributed by atoms with Crippen LogP contribution in [0.5, 0.6) is 0 Å². The molecule has 2 saturated heterocycles. The lowest BCUT2D eigenvalue weighted by molar-refractivity contribution is -0.358. The number of benzene rings is 3. The van der Waals surface area contributed by atoms with Gasteiger partial charge >= 0.3 is 35.8 Å². The molecule has 0 aromatic heterocycles. The first-order chi connectivity index (χ1) is 28.6. The van der Waals surface area contributed by atoms with Crippen molar-refractivity contribution in [1.82, 2.24) is 0 Å². The van der Waals surface area contributed by atoms with Gasteiger partial charge < -0.3 is 52.5 Å². The summed E-state index contributed by atoms with van der Waals surface area (Å²) in [7, 11) is 0. The van der Waals surface area contributed by atoms with E-state index in [1.807, 2.05) is 91.0 Å². The Morgan fingerprint density at radius 1 is 0.483 bits per heavy atom. The van der Waals surface area contributed by atoms with Crippen LogP contribution in [0.25, 0.3) is 0 Å². The summed E-state index contributed by atoms with van der Waals surface area (Å²) in [5.74, 6) is -5.12. The van der Waals surface area contributed by atoms with E-state index >= 15 is 0 Å². The molecule has 17 heteroatoms. The monoisotopic (exact) mass is 836 g/mol. The first-order valence-corrected chi connectivity index (χ1v) is 19.0. The van der Waals surface area contributed by atoms with Crippen LogP contribution in [-0.4, -0.2) is 116 Å². The van der Waals surface area contributed by atoms with Gasteiger partial charge in [-0.25, -0.2) is 0 Å². The Morgan fingerprint density at radius 3 is 1.30 bits per heavy atom. The molecule has 2 heterocycles. The lowest BCUT2D eigenvalue weighted by Crippen LogP contribution is -2.67. The van der Waals surface area contributed by atoms with Crippen molar-refractivity contribution in [3.63, 3.8) is 0 Å². The molecule has 5 rings (SSSR count). The van der Waals surface area contributed by atoms with E-state index in [4.69, 9.17) is 47.4 Å². The van der Waals surface area contributed by atoms with Gasteiger partial charge in [-0.3, -0.25) is 28.8 Å². The van der Waals surface area contributed by atoms with Crippen molar-refractivity contribution < 1.29 is 81.2 Å². The van der Waals surface area contributed by atoms with Crippen molar-refractivity contribution in [3.05, 3.63) is 108 Å². The third kappa shape index (κ3) is 11.1. The fourth-order valence-electron chi connectivity index (χ4n) is 7.27. The Bertz CT molecular complexity index is 1840. The topological polar surface area (TPSA) is 215 Å². The lowest BCUT2D eigenvalue weighted by Gasteiger charge is -2.48. The molecule has 0 saturated carbocycles. The molecule has 10 atom stereocenters. The van der Waals surface area contributed by atoms with Gasteiger partial charge in [-0.05, 0) is 16.7 Å². The van der Waals surface area contributed by atoms with E-state index in [-0.39, 0.29) is 0 Å². The number of hydrogen-bond acceptors (Lipinski definition) is 17. The highest BCUT2D eigenvalue weighted by atomic mass is 16.8. The smallest absolute Gasteiger partial charge is 0.303 e. The Hall–Kier alpha value is -5.72. The first kappa shape index (κ1) is 45.4. The van der Waals surface area contributed by atoms with Gasteiger partial charge in [-0.15, -0.1) is 0 Å². The van der Waals surface area contributed by atoms with Gasteiger partial charge in [-0.2, -0.15) is 0 Å². The molecule has 0 spiro atoms. The van der Waals surface area contributed by atoms with Gasteiger partial charge in [0, 0.05) is 41.5 Å². The SMILES string of the molecule is CC(=O)OC[C@H]1O[C@H](O)[C@H](OC(C)=O)[C@@H](OC(C)=O)[C@@H]1O[C@@H]1O[C@H](COC(c2ccccc2)(c2ccccc2)c2ccccc2)[C@@H](OC(C)=O)[C@H](OC(C)=O)[C@H]1OC(C)=O. The maximum absolute atomic E-state index is 12.8. The molecule has 0 amide bonds. The number of ether oxygens (including phenoxy) is 10. The summed E-state index contributed by atoms with van der Waals surface area (Å²) < 4.78 is 59.0. The highest BCUT2D eigenvalue weighted by Crippen LogP contribution is 2.42. The van der Waals surface area contributed by atoms with Crippen LogP contribution in [0.4, 0.5) is 0 Å². The van der Waals surface area contributed by atoms with Gasteiger partial charge in [0.15, 0.2) is 43.1 Å². The third-order valence-corrected chi connectivity index (χ3v) is 9.46. The fourth-order valence-corrected chi connectivity index (χ4v) is 7.27. The number of rotatable bonds is 15. The zero-order chi connectivity index (χ0) is 43.6. The summed E-state index contributed by atoms with van der Waals surface area (Å²) in [6.07, 6.45) is -16.4. The zero-order valence-corrected chi connectivity index (χ0v) is 33.8. The van der Waals surface area contributed by atoms with Crippen LogP contribution in [-0.2, 0) is 81.7 Å². The molecule has 1 N–H and O–H groups in total. The third-order valence-electron chi connectivity index (χ3n) is 9.46. The van der Waals surface area contributed by atoms with Crippen molar-refractivity contribution in [2.75, 3.05) is 13.2 Å². The average Bonchev–Trinajstić information content (AvgIpc) is 3.19. The Kier molecular flexibility index (Phi) is 15.5. The fraction of sp³-hybridized carbons (Fsp3) is 0.442. The molecular formula is C43H48O17. The Morgan fingerprint density at radius 2 is 0.867 bits per heavy atom. The lowest BCUT2D eigenvalue weighted by atomic mass is 9.80. The molecule has 17 nitrogen and oxygen atoms in total. The Balaban J connectivity index is 1.66. The van der Waals surface area contributed by atoms with Crippen LogP contribution in [0.2, 0.25) is 0 Å². The number of esters is 6. The van der Waals surface area contributed by atoms with Crippen LogP contribution in [0.3, 0.4) is 0 Å². The molecule has 0 unspecified atom stereocenters. The van der Waals surface area contributed by atoms with E-state index in [0.717, 1.165) is 41.5 Å². The number of carbonyl (C=O) groups excluding carboxylic acids is 6. The minimum absolute atomic E-state index is 0.415. The second-order valence-electron chi connectivity index (χ2n) is 14.0. The van der Waals surface area contributed by atoms with Crippen LogP contribution in [0.15, 0.2) is 91.0 Å². The largest absolute Gasteiger partial charge is 0.463 e. The first-order valence-electron chi connectivity index (χ1n) is 19.0. The van der Waals surface area contributed by atoms with Crippen molar-refractivity contribution in [2.45, 2.75) is 109 Å². The molecule has 3 aromatic carbocycles. The van der Waals surface area contributed by atoms with Gasteiger partial charge in [-0.1, -0.05) is 91.0 Å². The molecule has 0 radical (unpaired) electrons. The number of carbonyl (C=O) groups is 6. The zero-order valence-electron chi connectivity index (χ0n) is 33.8. The van der Waals surface area contributed by atoms with Crippen LogP contribution in [0, 0.1) is 0 Å². The van der Waals surface area contributed by atoms with E-state index in [0.29, 0.717) is 16.7 Å². The van der Waals surface area contributed by atoms with E-state index < -0.39 is 116 Å².